The second kappa shape index (κ2) is 13.1. The number of hydrogen-bond acceptors (Lipinski definition) is 6. The van der Waals surface area contributed by atoms with E-state index in [1.54, 1.807) is 39.1 Å². The van der Waals surface area contributed by atoms with Crippen LogP contribution in [0.3, 0.4) is 0 Å². The van der Waals surface area contributed by atoms with Gasteiger partial charge >= 0.3 is 6.61 Å². The maximum absolute atomic E-state index is 12.8. The fourth-order valence-electron chi connectivity index (χ4n) is 2.48. The van der Waals surface area contributed by atoms with E-state index in [2.05, 4.69) is 30.5 Å². The summed E-state index contributed by atoms with van der Waals surface area (Å²) in [7, 11) is 1.63. The van der Waals surface area contributed by atoms with Crippen molar-refractivity contribution in [3.05, 3.63) is 35.5 Å². The standard InChI is InChI=1S/C18H25F2N5O3.HI/c1-4-26-14-8-5-7-13(16(14)27-17(19)20)11-23-18(21-3)22-10-6-9-15-24-12(2)25-28-15;/h5,7-8,17H,4,6,9-11H2,1-3H3,(H2,21,22,23);1H. The van der Waals surface area contributed by atoms with Gasteiger partial charge in [0.1, 0.15) is 0 Å². The van der Waals surface area contributed by atoms with E-state index >= 15 is 0 Å². The molecular weight excluding hydrogens is 499 g/mol. The highest BCUT2D eigenvalue weighted by Gasteiger charge is 2.16. The first-order chi connectivity index (χ1) is 13.5. The lowest BCUT2D eigenvalue weighted by Gasteiger charge is -2.17. The summed E-state index contributed by atoms with van der Waals surface area (Å²) in [6, 6.07) is 5.01. The molecule has 0 aliphatic rings. The zero-order valence-electron chi connectivity index (χ0n) is 16.6. The minimum Gasteiger partial charge on any atom is -0.490 e. The third-order valence-electron chi connectivity index (χ3n) is 3.67. The molecule has 0 saturated carbocycles. The van der Waals surface area contributed by atoms with Crippen LogP contribution in [0.5, 0.6) is 11.5 Å². The van der Waals surface area contributed by atoms with Gasteiger partial charge < -0.3 is 24.6 Å². The second-order valence-corrected chi connectivity index (χ2v) is 5.75. The van der Waals surface area contributed by atoms with E-state index in [0.29, 0.717) is 42.8 Å². The molecule has 0 saturated heterocycles. The van der Waals surface area contributed by atoms with E-state index in [9.17, 15) is 8.78 Å². The molecule has 0 fully saturated rings. The number of halogens is 3. The molecule has 0 aliphatic heterocycles. The number of nitrogens with one attached hydrogen (secondary N) is 2. The SMILES string of the molecule is CCOc1cccc(CNC(=NC)NCCCc2nc(C)no2)c1OC(F)F.I. The molecule has 0 aliphatic carbocycles. The number of nitrogens with zero attached hydrogens (tertiary/aromatic N) is 3. The quantitative estimate of drug-likeness (QED) is 0.213. The Kier molecular flexibility index (Phi) is 11.2. The van der Waals surface area contributed by atoms with Crippen LogP contribution in [0.1, 0.15) is 30.6 Å². The lowest BCUT2D eigenvalue weighted by molar-refractivity contribution is -0.0520. The maximum Gasteiger partial charge on any atom is 0.387 e. The van der Waals surface area contributed by atoms with Crippen LogP contribution < -0.4 is 20.1 Å². The van der Waals surface area contributed by atoms with Gasteiger partial charge in [-0.25, -0.2) is 0 Å². The molecule has 29 heavy (non-hydrogen) atoms. The predicted molar refractivity (Wildman–Crippen MR) is 115 cm³/mol. The lowest BCUT2D eigenvalue weighted by atomic mass is 10.2. The fourth-order valence-corrected chi connectivity index (χ4v) is 2.48. The molecule has 2 N–H and O–H groups in total. The molecule has 0 spiro atoms. The van der Waals surface area contributed by atoms with Gasteiger partial charge in [0.05, 0.1) is 6.61 Å². The molecule has 1 heterocycles. The number of rotatable bonds is 10. The minimum absolute atomic E-state index is 0. The van der Waals surface area contributed by atoms with Crippen molar-refractivity contribution in [2.45, 2.75) is 39.8 Å². The largest absolute Gasteiger partial charge is 0.490 e. The third-order valence-corrected chi connectivity index (χ3v) is 3.67. The van der Waals surface area contributed by atoms with Crippen molar-refractivity contribution >= 4 is 29.9 Å². The minimum atomic E-state index is -2.94. The Morgan fingerprint density at radius 2 is 2.10 bits per heavy atom. The first-order valence-corrected chi connectivity index (χ1v) is 8.96. The topological polar surface area (TPSA) is 93.8 Å². The van der Waals surface area contributed by atoms with Gasteiger partial charge in [0.25, 0.3) is 0 Å². The number of aromatic nitrogens is 2. The van der Waals surface area contributed by atoms with Crippen molar-refractivity contribution in [2.75, 3.05) is 20.2 Å². The van der Waals surface area contributed by atoms with E-state index < -0.39 is 6.61 Å². The van der Waals surface area contributed by atoms with Crippen molar-refractivity contribution in [1.82, 2.24) is 20.8 Å². The first-order valence-electron chi connectivity index (χ1n) is 8.96. The zero-order chi connectivity index (χ0) is 20.4. The summed E-state index contributed by atoms with van der Waals surface area (Å²) in [4.78, 5) is 8.27. The van der Waals surface area contributed by atoms with Crippen LogP contribution in [0.25, 0.3) is 0 Å². The molecule has 0 atom stereocenters. The Balaban J connectivity index is 0.00000420. The third kappa shape index (κ3) is 8.38. The zero-order valence-corrected chi connectivity index (χ0v) is 18.9. The number of alkyl halides is 2. The molecule has 0 unspecified atom stereocenters. The Labute approximate surface area is 185 Å². The van der Waals surface area contributed by atoms with Crippen LogP contribution in [0, 0.1) is 6.92 Å². The Morgan fingerprint density at radius 3 is 2.72 bits per heavy atom. The predicted octanol–water partition coefficient (Wildman–Crippen LogP) is 3.29. The smallest absolute Gasteiger partial charge is 0.387 e. The Hall–Kier alpha value is -2.18. The molecule has 8 nitrogen and oxygen atoms in total. The molecule has 2 aromatic rings. The summed E-state index contributed by atoms with van der Waals surface area (Å²) in [5.41, 5.74) is 0.538. The summed E-state index contributed by atoms with van der Waals surface area (Å²) < 4.78 is 40.7. The van der Waals surface area contributed by atoms with Crippen LogP contribution in [-0.4, -0.2) is 42.9 Å². The molecule has 0 amide bonds. The van der Waals surface area contributed by atoms with Gasteiger partial charge in [-0.1, -0.05) is 17.3 Å². The average Bonchev–Trinajstić information content (AvgIpc) is 3.08. The monoisotopic (exact) mass is 525 g/mol. The number of benzene rings is 1. The Bertz CT molecular complexity index is 774. The fraction of sp³-hybridized carbons (Fsp3) is 0.500. The molecule has 11 heteroatoms. The highest BCUT2D eigenvalue weighted by atomic mass is 127. The van der Waals surface area contributed by atoms with Crippen LogP contribution >= 0.6 is 24.0 Å². The van der Waals surface area contributed by atoms with Crippen molar-refractivity contribution in [1.29, 1.82) is 0 Å². The first kappa shape index (κ1) is 24.9. The number of guanidine groups is 1. The normalized spacial score (nSPS) is 11.2. The lowest BCUT2D eigenvalue weighted by Crippen LogP contribution is -2.37. The summed E-state index contributed by atoms with van der Waals surface area (Å²) in [6.07, 6.45) is 1.41. The molecule has 162 valence electrons. The number of aryl methyl sites for hydroxylation is 2. The molecule has 1 aromatic carbocycles. The van der Waals surface area contributed by atoms with Gasteiger partial charge in [-0.3, -0.25) is 4.99 Å². The number of ether oxygens (including phenoxy) is 2. The van der Waals surface area contributed by atoms with E-state index in [0.717, 1.165) is 6.42 Å². The molecular formula is C18H26F2IN5O3. The molecule has 0 radical (unpaired) electrons. The number of aliphatic imine (C=N–C) groups is 1. The van der Waals surface area contributed by atoms with E-state index in [1.807, 2.05) is 0 Å². The van der Waals surface area contributed by atoms with Crippen LogP contribution in [0.15, 0.2) is 27.7 Å². The van der Waals surface area contributed by atoms with Crippen molar-refractivity contribution in [2.24, 2.45) is 4.99 Å². The maximum atomic E-state index is 12.8. The van der Waals surface area contributed by atoms with Crippen LogP contribution in [0.4, 0.5) is 8.78 Å². The highest BCUT2D eigenvalue weighted by molar-refractivity contribution is 14.0. The van der Waals surface area contributed by atoms with Gasteiger partial charge in [-0.15, -0.1) is 24.0 Å². The second-order valence-electron chi connectivity index (χ2n) is 5.75. The summed E-state index contributed by atoms with van der Waals surface area (Å²) >= 11 is 0. The van der Waals surface area contributed by atoms with E-state index in [4.69, 9.17) is 9.26 Å². The summed E-state index contributed by atoms with van der Waals surface area (Å²) in [5, 5.41) is 9.96. The molecule has 1 aromatic heterocycles. The van der Waals surface area contributed by atoms with Gasteiger partial charge in [-0.2, -0.15) is 13.8 Å². The van der Waals surface area contributed by atoms with Gasteiger partial charge in [0.15, 0.2) is 23.3 Å². The summed E-state index contributed by atoms with van der Waals surface area (Å²) in [5.74, 6) is 2.03. The van der Waals surface area contributed by atoms with Crippen LogP contribution in [-0.2, 0) is 13.0 Å². The van der Waals surface area contributed by atoms with Crippen molar-refractivity contribution < 1.29 is 22.8 Å². The summed E-state index contributed by atoms with van der Waals surface area (Å²) in [6.45, 7) is 1.82. The average molecular weight is 525 g/mol. The Morgan fingerprint density at radius 1 is 1.31 bits per heavy atom. The highest BCUT2D eigenvalue weighted by Crippen LogP contribution is 2.32. The van der Waals surface area contributed by atoms with E-state index in [-0.39, 0.29) is 42.0 Å². The number of para-hydroxylation sites is 1. The van der Waals surface area contributed by atoms with Crippen molar-refractivity contribution in [3.8, 4) is 11.5 Å². The van der Waals surface area contributed by atoms with Crippen LogP contribution in [0.2, 0.25) is 0 Å². The molecule has 0 bridgehead atoms. The van der Waals surface area contributed by atoms with Gasteiger partial charge in [0, 0.05) is 32.1 Å². The van der Waals surface area contributed by atoms with Gasteiger partial charge in [-0.05, 0) is 26.3 Å². The number of hydrogen-bond donors (Lipinski definition) is 2. The van der Waals surface area contributed by atoms with Gasteiger partial charge in [0.2, 0.25) is 5.89 Å². The molecule has 2 rings (SSSR count). The van der Waals surface area contributed by atoms with E-state index in [1.165, 1.54) is 0 Å². The van der Waals surface area contributed by atoms with Crippen molar-refractivity contribution in [3.63, 3.8) is 0 Å².